The van der Waals surface area contributed by atoms with Crippen molar-refractivity contribution in [2.45, 2.75) is 70.5 Å². The lowest BCUT2D eigenvalue weighted by Crippen LogP contribution is -2.55. The molecule has 0 aliphatic rings. The van der Waals surface area contributed by atoms with E-state index in [0.717, 1.165) is 16.5 Å². The Hall–Kier alpha value is -2.15. The fourth-order valence-corrected chi connectivity index (χ4v) is 4.09. The van der Waals surface area contributed by atoms with Gasteiger partial charge in [-0.25, -0.2) is 4.98 Å². The largest absolute Gasteiger partial charge is 0.544 e. The van der Waals surface area contributed by atoms with Crippen LogP contribution in [-0.4, -0.2) is 100.0 Å². The molecule has 0 fully saturated rings. The number of nitrogens with one attached hydrogen (secondary N) is 3. The van der Waals surface area contributed by atoms with Crippen LogP contribution in [0.4, 0.5) is 0 Å². The molecule has 0 spiro atoms. The SMILES string of the molecule is C.C.CC(C)(C)Sc1ncc(C[C@@H](C(=O)[O-])[N+](C)(C)C)[nH]1.C[N+](C)(C)[C@@H](Cc1c[nH]c(=S)[nH]1)C(=O)[O-].[HH]. The summed E-state index contributed by atoms with van der Waals surface area (Å²) >= 11 is 6.50. The van der Waals surface area contributed by atoms with E-state index in [1.165, 1.54) is 0 Å². The maximum absolute atomic E-state index is 11.2. The van der Waals surface area contributed by atoms with Crippen molar-refractivity contribution >= 4 is 35.9 Å². The Morgan fingerprint density at radius 3 is 1.75 bits per heavy atom. The molecular weight excluding hydrogens is 500 g/mol. The van der Waals surface area contributed by atoms with Crippen LogP contribution < -0.4 is 10.2 Å². The number of carbonyl (C=O) groups is 2. The molecule has 0 saturated heterocycles. The highest BCUT2D eigenvalue weighted by Crippen LogP contribution is 2.29. The van der Waals surface area contributed by atoms with Gasteiger partial charge in [0.1, 0.15) is 12.1 Å². The van der Waals surface area contributed by atoms with E-state index in [2.05, 4.69) is 40.7 Å². The molecule has 2 aromatic rings. The van der Waals surface area contributed by atoms with Gasteiger partial charge in [0, 0.05) is 42.8 Å². The van der Waals surface area contributed by atoms with Gasteiger partial charge >= 0.3 is 0 Å². The second-order valence-corrected chi connectivity index (χ2v) is 13.2. The third kappa shape index (κ3) is 12.7. The van der Waals surface area contributed by atoms with Gasteiger partial charge in [-0.3, -0.25) is 0 Å². The molecule has 2 heterocycles. The average Bonchev–Trinajstić information content (AvgIpc) is 3.22. The zero-order valence-corrected chi connectivity index (χ0v) is 23.1. The number of aromatic nitrogens is 4. The normalized spacial score (nSPS) is 13.4. The number of rotatable bonds is 9. The second kappa shape index (κ2) is 14.0. The molecule has 0 saturated carbocycles. The van der Waals surface area contributed by atoms with Crippen molar-refractivity contribution < 1.29 is 30.2 Å². The van der Waals surface area contributed by atoms with Crippen LogP contribution in [0.25, 0.3) is 0 Å². The minimum atomic E-state index is -1.05. The first-order chi connectivity index (χ1) is 15.3. The van der Waals surface area contributed by atoms with Gasteiger partial charge in [0.15, 0.2) is 9.93 Å². The molecule has 3 N–H and O–H groups in total. The Balaban J connectivity index is -0.000000591. The number of aromatic amines is 3. The van der Waals surface area contributed by atoms with Crippen LogP contribution in [0.5, 0.6) is 0 Å². The Bertz CT molecular complexity index is 1020. The summed E-state index contributed by atoms with van der Waals surface area (Å²) in [4.78, 5) is 35.4. The Morgan fingerprint density at radius 1 is 0.972 bits per heavy atom. The highest BCUT2D eigenvalue weighted by atomic mass is 32.2. The molecule has 0 radical (unpaired) electrons. The van der Waals surface area contributed by atoms with Crippen LogP contribution in [0, 0.1) is 4.77 Å². The molecule has 36 heavy (non-hydrogen) atoms. The lowest BCUT2D eigenvalue weighted by atomic mass is 10.1. The summed E-state index contributed by atoms with van der Waals surface area (Å²) in [6, 6.07) is -1.18. The maximum atomic E-state index is 11.2. The van der Waals surface area contributed by atoms with Gasteiger partial charge in [0.25, 0.3) is 0 Å². The first kappa shape index (κ1) is 36.0. The summed E-state index contributed by atoms with van der Waals surface area (Å²) in [6.45, 7) is 6.32. The summed E-state index contributed by atoms with van der Waals surface area (Å²) in [6.07, 6.45) is 4.16. The first-order valence-electron chi connectivity index (χ1n) is 10.8. The van der Waals surface area contributed by atoms with Crippen molar-refractivity contribution in [3.8, 4) is 0 Å². The zero-order chi connectivity index (χ0) is 26.5. The average molecular weight is 549 g/mol. The minimum absolute atomic E-state index is 0. The number of likely N-dealkylation sites (N-methyl/N-ethyl adjacent to an activating group) is 2. The number of aliphatic carboxylic acids is 2. The smallest absolute Gasteiger partial charge is 0.174 e. The van der Waals surface area contributed by atoms with Crippen LogP contribution in [0.3, 0.4) is 0 Å². The Morgan fingerprint density at radius 2 is 1.42 bits per heavy atom. The van der Waals surface area contributed by atoms with E-state index in [9.17, 15) is 19.8 Å². The van der Waals surface area contributed by atoms with Gasteiger partial charge in [-0.1, -0.05) is 47.4 Å². The number of imidazole rings is 2. The number of carboxylic acids is 2. The number of H-pyrrole nitrogens is 3. The summed E-state index contributed by atoms with van der Waals surface area (Å²) in [5, 5.41) is 23.0. The lowest BCUT2D eigenvalue weighted by molar-refractivity contribution is -0.889. The Labute approximate surface area is 227 Å². The molecule has 0 aliphatic carbocycles. The molecular formula is C24H48N6O4S2. The third-order valence-electron chi connectivity index (χ3n) is 4.90. The molecule has 0 bridgehead atoms. The number of hydrogen-bond acceptors (Lipinski definition) is 7. The second-order valence-electron chi connectivity index (χ2n) is 11.0. The monoisotopic (exact) mass is 548 g/mol. The lowest BCUT2D eigenvalue weighted by Gasteiger charge is -2.34. The van der Waals surface area contributed by atoms with Crippen LogP contribution >= 0.6 is 24.0 Å². The van der Waals surface area contributed by atoms with E-state index in [4.69, 9.17) is 12.2 Å². The number of hydrogen-bond donors (Lipinski definition) is 3. The highest BCUT2D eigenvalue weighted by molar-refractivity contribution is 8.00. The predicted molar refractivity (Wildman–Crippen MR) is 147 cm³/mol. The van der Waals surface area contributed by atoms with Crippen molar-refractivity contribution in [1.29, 1.82) is 0 Å². The predicted octanol–water partition coefficient (Wildman–Crippen LogP) is 1.63. The third-order valence-corrected chi connectivity index (χ3v) is 6.13. The van der Waals surface area contributed by atoms with E-state index in [1.54, 1.807) is 24.2 Å². The number of carboxylic acid groups (broad SMARTS) is 2. The molecule has 10 nitrogen and oxygen atoms in total. The quantitative estimate of drug-likeness (QED) is 0.246. The minimum Gasteiger partial charge on any atom is -0.544 e. The van der Waals surface area contributed by atoms with E-state index in [1.807, 2.05) is 42.3 Å². The van der Waals surface area contributed by atoms with E-state index in [-0.39, 0.29) is 21.0 Å². The van der Waals surface area contributed by atoms with Crippen LogP contribution in [-0.2, 0) is 22.4 Å². The number of nitrogens with zero attached hydrogens (tertiary/aromatic N) is 3. The van der Waals surface area contributed by atoms with Gasteiger partial charge in [-0.2, -0.15) is 0 Å². The molecule has 2 rings (SSSR count). The van der Waals surface area contributed by atoms with Gasteiger partial charge in [0.05, 0.1) is 54.2 Å². The van der Waals surface area contributed by atoms with Crippen LogP contribution in [0.15, 0.2) is 17.6 Å². The van der Waals surface area contributed by atoms with E-state index in [0.29, 0.717) is 26.6 Å². The van der Waals surface area contributed by atoms with Crippen molar-refractivity contribution in [3.63, 3.8) is 0 Å². The Kier molecular flexibility index (Phi) is 14.0. The van der Waals surface area contributed by atoms with Crippen LogP contribution in [0.2, 0.25) is 0 Å². The van der Waals surface area contributed by atoms with E-state index < -0.39 is 24.0 Å². The fraction of sp³-hybridized carbons (Fsp3) is 0.667. The summed E-state index contributed by atoms with van der Waals surface area (Å²) in [7, 11) is 11.0. The first-order valence-corrected chi connectivity index (χ1v) is 12.1. The molecule has 2 aromatic heterocycles. The molecule has 0 amide bonds. The molecule has 0 aromatic carbocycles. The number of thioether (sulfide) groups is 1. The maximum Gasteiger partial charge on any atom is 0.174 e. The fourth-order valence-electron chi connectivity index (χ4n) is 3.03. The summed E-state index contributed by atoms with van der Waals surface area (Å²) < 4.78 is 1.21. The molecule has 12 heteroatoms. The number of carbonyl (C=O) groups excluding carboxylic acids is 2. The van der Waals surface area contributed by atoms with Gasteiger partial charge in [0.2, 0.25) is 0 Å². The highest BCUT2D eigenvalue weighted by Gasteiger charge is 2.27. The standard InChI is InChI=1S/C13H23N3O2S.C9H15N3O2S.2CH4.H2/c1-13(2,3)19-12-14-8-9(15-12)7-10(11(17)18)16(4,5)6;1-12(2,3)7(8(13)14)4-6-5-10-9(15)11-6;;;/h8,10H,7H2,1-6H3,(H-,14,15,17,18);5,7H,4H2,1-3H3,(H2-,10,11,13,14,15);2*1H4;1H/t10-;7-;;;/m00.../s1. The van der Waals surface area contributed by atoms with Crippen molar-refractivity contribution in [2.75, 3.05) is 42.3 Å². The molecule has 210 valence electrons. The van der Waals surface area contributed by atoms with Gasteiger partial charge in [-0.15, -0.1) is 0 Å². The van der Waals surface area contributed by atoms with Crippen molar-refractivity contribution in [1.82, 2.24) is 19.9 Å². The van der Waals surface area contributed by atoms with Crippen LogP contribution in [0.1, 0.15) is 48.4 Å². The molecule has 0 unspecified atom stereocenters. The topological polar surface area (TPSA) is 141 Å². The van der Waals surface area contributed by atoms with Gasteiger partial charge < -0.3 is 43.7 Å². The zero-order valence-electron chi connectivity index (χ0n) is 21.5. The summed E-state index contributed by atoms with van der Waals surface area (Å²) in [5.41, 5.74) is 1.61. The van der Waals surface area contributed by atoms with Crippen molar-refractivity contribution in [2.24, 2.45) is 0 Å². The molecule has 2 atom stereocenters. The van der Waals surface area contributed by atoms with Crippen molar-refractivity contribution in [3.05, 3.63) is 28.6 Å². The summed E-state index contributed by atoms with van der Waals surface area (Å²) in [5.74, 6) is -2.09. The van der Waals surface area contributed by atoms with Gasteiger partial charge in [-0.05, 0) is 12.2 Å². The molecule has 0 aliphatic heterocycles. The number of quaternary nitrogens is 2. The van der Waals surface area contributed by atoms with E-state index >= 15 is 0 Å².